The van der Waals surface area contributed by atoms with Crippen LogP contribution in [-0.4, -0.2) is 15.0 Å². The zero-order chi connectivity index (χ0) is 22.5. The number of nitro benzene ring substituents is 1. The normalized spacial score (nSPS) is 11.6. The smallest absolute Gasteiger partial charge is 0.272 e. The third-order valence-electron chi connectivity index (χ3n) is 4.50. The van der Waals surface area contributed by atoms with E-state index in [4.69, 9.17) is 23.8 Å². The highest BCUT2D eigenvalue weighted by Crippen LogP contribution is 2.24. The number of hydrogen-bond donors (Lipinski definition) is 2. The van der Waals surface area contributed by atoms with Gasteiger partial charge in [-0.3, -0.25) is 10.1 Å². The third-order valence-corrected chi connectivity index (χ3v) is 5.05. The van der Waals surface area contributed by atoms with Crippen LogP contribution in [0.2, 0.25) is 5.02 Å². The summed E-state index contributed by atoms with van der Waals surface area (Å²) in [5.74, 6) is -0.505. The molecule has 2 N–H and O–H groups in total. The lowest BCUT2D eigenvalue weighted by Crippen LogP contribution is -2.40. The van der Waals surface area contributed by atoms with E-state index in [1.807, 2.05) is 0 Å². The number of aliphatic hydroxyl groups is 1. The number of halogens is 1. The molecule has 0 saturated heterocycles. The van der Waals surface area contributed by atoms with Gasteiger partial charge in [0.1, 0.15) is 0 Å². The molecule has 0 saturated carbocycles. The van der Waals surface area contributed by atoms with E-state index in [1.165, 1.54) is 22.8 Å². The van der Waals surface area contributed by atoms with Crippen molar-refractivity contribution in [1.29, 1.82) is 0 Å². The van der Waals surface area contributed by atoms with Crippen molar-refractivity contribution in [2.75, 3.05) is 5.32 Å². The molecule has 0 aliphatic heterocycles. The highest BCUT2D eigenvalue weighted by Gasteiger charge is 2.21. The quantitative estimate of drug-likeness (QED) is 0.147. The molecule has 2 aromatic carbocycles. The molecule has 1 aromatic heterocycles. The number of thiocarbonyl (C=S) groups is 1. The summed E-state index contributed by atoms with van der Waals surface area (Å²) in [6.07, 6.45) is 3.19. The van der Waals surface area contributed by atoms with Gasteiger partial charge in [0.15, 0.2) is 17.4 Å². The summed E-state index contributed by atoms with van der Waals surface area (Å²) in [5, 5.41) is 37.8. The number of aromatic nitrogens is 1. The molecule has 31 heavy (non-hydrogen) atoms. The van der Waals surface area contributed by atoms with Gasteiger partial charge in [0.05, 0.1) is 11.5 Å². The molecule has 7 nitrogen and oxygen atoms in total. The van der Waals surface area contributed by atoms with Gasteiger partial charge in [-0.15, -0.1) is 0 Å². The molecule has 9 heteroatoms. The zero-order valence-electron chi connectivity index (χ0n) is 16.4. The minimum Gasteiger partial charge on any atom is -0.867 e. The fraction of sp³-hybridized carbons (Fsp3) is 0.0909. The van der Waals surface area contributed by atoms with Gasteiger partial charge in [0, 0.05) is 34.0 Å². The number of aliphatic hydroxyl groups excluding tert-OH is 1. The molecule has 158 valence electrons. The van der Waals surface area contributed by atoms with Crippen LogP contribution in [-0.2, 0) is 6.61 Å². The Morgan fingerprint density at radius 1 is 1.23 bits per heavy atom. The highest BCUT2D eigenvalue weighted by molar-refractivity contribution is 7.81. The molecule has 0 amide bonds. The second-order valence-corrected chi connectivity index (χ2v) is 7.52. The summed E-state index contributed by atoms with van der Waals surface area (Å²) >= 11 is 11.4. The van der Waals surface area contributed by atoms with E-state index in [-0.39, 0.29) is 28.5 Å². The molecule has 3 aromatic rings. The van der Waals surface area contributed by atoms with E-state index in [1.54, 1.807) is 55.7 Å². The van der Waals surface area contributed by atoms with Crippen molar-refractivity contribution in [2.24, 2.45) is 0 Å². The number of nitro groups is 1. The van der Waals surface area contributed by atoms with E-state index in [9.17, 15) is 20.3 Å². The summed E-state index contributed by atoms with van der Waals surface area (Å²) in [4.78, 5) is 10.9. The van der Waals surface area contributed by atoms with Crippen LogP contribution in [0.5, 0.6) is 0 Å². The van der Waals surface area contributed by atoms with Crippen LogP contribution in [0.25, 0.3) is 11.5 Å². The van der Waals surface area contributed by atoms with Crippen LogP contribution in [0, 0.1) is 17.0 Å². The maximum atomic E-state index is 13.4. The Morgan fingerprint density at radius 3 is 2.58 bits per heavy atom. The Bertz CT molecular complexity index is 1180. The van der Waals surface area contributed by atoms with Crippen molar-refractivity contribution in [2.45, 2.75) is 13.5 Å². The average molecular weight is 456 g/mol. The maximum absolute atomic E-state index is 13.4. The molecule has 0 unspecified atom stereocenters. The van der Waals surface area contributed by atoms with Crippen molar-refractivity contribution >= 4 is 51.6 Å². The van der Waals surface area contributed by atoms with E-state index in [0.29, 0.717) is 21.8 Å². The summed E-state index contributed by atoms with van der Waals surface area (Å²) in [7, 11) is 0. The molecule has 1 heterocycles. The molecule has 0 atom stereocenters. The predicted molar refractivity (Wildman–Crippen MR) is 121 cm³/mol. The monoisotopic (exact) mass is 455 g/mol. The number of nitrogens with zero attached hydrogens (tertiary/aromatic N) is 2. The van der Waals surface area contributed by atoms with E-state index in [2.05, 4.69) is 5.32 Å². The van der Waals surface area contributed by atoms with E-state index >= 15 is 0 Å². The number of hydrogen-bond acceptors (Lipinski definition) is 5. The maximum Gasteiger partial charge on any atom is 0.272 e. The number of aryl methyl sites for hydroxylation is 1. The van der Waals surface area contributed by atoms with Gasteiger partial charge in [0.25, 0.3) is 5.69 Å². The molecular formula is C22H18ClN3O4S. The van der Waals surface area contributed by atoms with Gasteiger partial charge in [-0.05, 0) is 48.6 Å². The molecule has 0 aliphatic carbocycles. The third kappa shape index (κ3) is 5.24. The Hall–Kier alpha value is -3.33. The first-order valence-corrected chi connectivity index (χ1v) is 9.94. The fourth-order valence-electron chi connectivity index (χ4n) is 2.90. The van der Waals surface area contributed by atoms with Crippen LogP contribution in [0.3, 0.4) is 0 Å². The number of nitrogens with one attached hydrogen (secondary N) is 1. The van der Waals surface area contributed by atoms with Crippen molar-refractivity contribution in [3.8, 4) is 0 Å². The highest BCUT2D eigenvalue weighted by atomic mass is 35.5. The number of anilines is 1. The van der Waals surface area contributed by atoms with Gasteiger partial charge >= 0.3 is 0 Å². The lowest BCUT2D eigenvalue weighted by Gasteiger charge is -2.17. The largest absolute Gasteiger partial charge is 0.867 e. The molecule has 0 aliphatic rings. The minimum atomic E-state index is -0.532. The van der Waals surface area contributed by atoms with Crippen LogP contribution in [0.1, 0.15) is 16.7 Å². The molecule has 0 radical (unpaired) electrons. The van der Waals surface area contributed by atoms with Crippen LogP contribution in [0.15, 0.2) is 67.0 Å². The first-order valence-electron chi connectivity index (χ1n) is 9.15. The molecule has 0 bridgehead atoms. The standard InChI is InChI=1S/C22H18ClN3O4S/c1-14-4-5-16(11-19(14)26(29)30)21(28)20(25-10-2-3-15(12-25)13-27)22(31)24-18-8-6-17(23)7-9-18/h2-12,27H,13H2,1H3,(H-,24,28,31). The van der Waals surface area contributed by atoms with Gasteiger partial charge in [-0.1, -0.05) is 36.0 Å². The van der Waals surface area contributed by atoms with E-state index < -0.39 is 10.7 Å². The average Bonchev–Trinajstić information content (AvgIpc) is 2.75. The predicted octanol–water partition coefficient (Wildman–Crippen LogP) is 3.46. The summed E-state index contributed by atoms with van der Waals surface area (Å²) in [6.45, 7) is 1.37. The van der Waals surface area contributed by atoms with Crippen LogP contribution >= 0.6 is 23.8 Å². The lowest BCUT2D eigenvalue weighted by atomic mass is 10.1. The van der Waals surface area contributed by atoms with Gasteiger partial charge < -0.3 is 15.5 Å². The summed E-state index contributed by atoms with van der Waals surface area (Å²) in [6, 6.07) is 14.4. The Morgan fingerprint density at radius 2 is 1.94 bits per heavy atom. The topological polar surface area (TPSA) is 102 Å². The summed E-state index contributed by atoms with van der Waals surface area (Å²) in [5.41, 5.74) is 1.68. The zero-order valence-corrected chi connectivity index (χ0v) is 18.0. The number of benzene rings is 2. The van der Waals surface area contributed by atoms with Crippen molar-refractivity contribution in [3.05, 3.63) is 98.8 Å². The first kappa shape index (κ1) is 22.4. The molecular weight excluding hydrogens is 438 g/mol. The molecule has 0 spiro atoms. The second kappa shape index (κ2) is 9.65. The van der Waals surface area contributed by atoms with Gasteiger partial charge in [-0.25, -0.2) is 0 Å². The summed E-state index contributed by atoms with van der Waals surface area (Å²) < 4.78 is 1.49. The second-order valence-electron chi connectivity index (χ2n) is 6.67. The SMILES string of the molecule is Cc1ccc(/C([O-])=C(/C(=S)Nc2ccc(Cl)cc2)[n+]2cccc(CO)c2)cc1[N+](=O)[O-]. The van der Waals surface area contributed by atoms with Crippen molar-refractivity contribution < 1.29 is 19.7 Å². The first-order chi connectivity index (χ1) is 14.8. The van der Waals surface area contributed by atoms with Crippen molar-refractivity contribution in [3.63, 3.8) is 0 Å². The minimum absolute atomic E-state index is 0.0819. The van der Waals surface area contributed by atoms with Gasteiger partial charge in [0.2, 0.25) is 5.70 Å². The van der Waals surface area contributed by atoms with Gasteiger partial charge in [-0.2, -0.15) is 4.57 Å². The van der Waals surface area contributed by atoms with Crippen LogP contribution in [0.4, 0.5) is 11.4 Å². The number of rotatable bonds is 6. The Kier molecular flexibility index (Phi) is 6.96. The Balaban J connectivity index is 2.14. The Labute approximate surface area is 189 Å². The lowest BCUT2D eigenvalue weighted by molar-refractivity contribution is -0.578. The molecule has 0 fully saturated rings. The van der Waals surface area contributed by atoms with Crippen LogP contribution < -0.4 is 15.0 Å². The van der Waals surface area contributed by atoms with E-state index in [0.717, 1.165) is 0 Å². The fourth-order valence-corrected chi connectivity index (χ4v) is 3.34. The number of pyridine rings is 1. The van der Waals surface area contributed by atoms with Crippen molar-refractivity contribution in [1.82, 2.24) is 0 Å². The molecule has 3 rings (SSSR count).